The van der Waals surface area contributed by atoms with Crippen LogP contribution in [0.3, 0.4) is 0 Å². The lowest BCUT2D eigenvalue weighted by atomic mass is 9.92. The van der Waals surface area contributed by atoms with E-state index in [0.29, 0.717) is 17.9 Å². The maximum atomic E-state index is 4.72. The van der Waals surface area contributed by atoms with Crippen LogP contribution in [0.1, 0.15) is 74.1 Å². The first-order valence-electron chi connectivity index (χ1n) is 7.78. The number of hydrogen-bond donors (Lipinski definition) is 0. The SMILES string of the molecule is CC(C)C/C=N\C(C)(C)CCC(C)C/C=N\C(C)C. The molecule has 1 atom stereocenters. The van der Waals surface area contributed by atoms with Crippen LogP contribution in [-0.2, 0) is 0 Å². The molecular weight excluding hydrogens is 232 g/mol. The molecule has 0 rings (SSSR count). The normalized spacial score (nSPS) is 15.2. The minimum Gasteiger partial charge on any atom is -0.295 e. The van der Waals surface area contributed by atoms with Crippen LogP contribution in [0.2, 0.25) is 0 Å². The molecule has 0 aromatic carbocycles. The lowest BCUT2D eigenvalue weighted by Crippen LogP contribution is -2.18. The summed E-state index contributed by atoms with van der Waals surface area (Å²) in [6, 6.07) is 0.421. The Kier molecular flexibility index (Phi) is 8.95. The fourth-order valence-corrected chi connectivity index (χ4v) is 1.74. The van der Waals surface area contributed by atoms with Gasteiger partial charge in [0.05, 0.1) is 5.54 Å². The molecule has 112 valence electrons. The van der Waals surface area contributed by atoms with Crippen molar-refractivity contribution in [3.05, 3.63) is 0 Å². The molecule has 0 bridgehead atoms. The van der Waals surface area contributed by atoms with Crippen LogP contribution in [0, 0.1) is 11.8 Å². The van der Waals surface area contributed by atoms with Crippen molar-refractivity contribution >= 4 is 12.4 Å². The molecule has 19 heavy (non-hydrogen) atoms. The summed E-state index contributed by atoms with van der Waals surface area (Å²) in [6.07, 6.45) is 8.73. The Hall–Kier alpha value is -0.660. The highest BCUT2D eigenvalue weighted by molar-refractivity contribution is 5.58. The van der Waals surface area contributed by atoms with Gasteiger partial charge in [0.2, 0.25) is 0 Å². The van der Waals surface area contributed by atoms with Crippen molar-refractivity contribution in [1.82, 2.24) is 0 Å². The molecule has 0 aromatic heterocycles. The van der Waals surface area contributed by atoms with Crippen LogP contribution in [0.4, 0.5) is 0 Å². The van der Waals surface area contributed by atoms with Gasteiger partial charge in [0, 0.05) is 6.04 Å². The lowest BCUT2D eigenvalue weighted by Gasteiger charge is -2.21. The van der Waals surface area contributed by atoms with Crippen LogP contribution in [0.25, 0.3) is 0 Å². The van der Waals surface area contributed by atoms with Crippen molar-refractivity contribution in [2.24, 2.45) is 21.8 Å². The van der Waals surface area contributed by atoms with Gasteiger partial charge in [-0.2, -0.15) is 0 Å². The number of rotatable bonds is 9. The fraction of sp³-hybridized carbons (Fsp3) is 0.882. The third-order valence-corrected chi connectivity index (χ3v) is 3.18. The molecule has 0 saturated heterocycles. The van der Waals surface area contributed by atoms with Crippen LogP contribution in [-0.4, -0.2) is 24.0 Å². The van der Waals surface area contributed by atoms with Crippen molar-refractivity contribution in [2.75, 3.05) is 0 Å². The molecule has 0 radical (unpaired) electrons. The summed E-state index contributed by atoms with van der Waals surface area (Å²) in [4.78, 5) is 9.14. The van der Waals surface area contributed by atoms with E-state index < -0.39 is 0 Å². The molecule has 0 fully saturated rings. The van der Waals surface area contributed by atoms with Gasteiger partial charge in [-0.15, -0.1) is 0 Å². The quantitative estimate of drug-likeness (QED) is 0.514. The first-order valence-corrected chi connectivity index (χ1v) is 7.78. The Balaban J connectivity index is 3.98. The summed E-state index contributed by atoms with van der Waals surface area (Å²) in [5, 5.41) is 0. The maximum Gasteiger partial charge on any atom is 0.0548 e. The molecule has 0 heterocycles. The first kappa shape index (κ1) is 18.3. The van der Waals surface area contributed by atoms with E-state index in [1.165, 1.54) is 6.42 Å². The van der Waals surface area contributed by atoms with Gasteiger partial charge in [0.1, 0.15) is 0 Å². The number of hydrogen-bond acceptors (Lipinski definition) is 2. The van der Waals surface area contributed by atoms with Gasteiger partial charge in [-0.3, -0.25) is 9.98 Å². The van der Waals surface area contributed by atoms with Gasteiger partial charge < -0.3 is 0 Å². The van der Waals surface area contributed by atoms with Gasteiger partial charge in [-0.1, -0.05) is 20.8 Å². The zero-order valence-electron chi connectivity index (χ0n) is 14.1. The Bertz CT molecular complexity index is 275. The van der Waals surface area contributed by atoms with Gasteiger partial charge in [0.25, 0.3) is 0 Å². The van der Waals surface area contributed by atoms with E-state index in [0.717, 1.165) is 19.3 Å². The molecular formula is C17H34N2. The second-order valence-electron chi connectivity index (χ2n) is 7.06. The number of nitrogens with zero attached hydrogens (tertiary/aromatic N) is 2. The minimum absolute atomic E-state index is 0.0817. The first-order chi connectivity index (χ1) is 8.73. The van der Waals surface area contributed by atoms with Gasteiger partial charge in [-0.05, 0) is 77.6 Å². The topological polar surface area (TPSA) is 24.7 Å². The fourth-order valence-electron chi connectivity index (χ4n) is 1.74. The monoisotopic (exact) mass is 266 g/mol. The minimum atomic E-state index is 0.0817. The lowest BCUT2D eigenvalue weighted by molar-refractivity contribution is 0.409. The molecule has 0 aliphatic heterocycles. The molecule has 0 N–H and O–H groups in total. The molecule has 0 aromatic rings. The summed E-state index contributed by atoms with van der Waals surface area (Å²) in [5.74, 6) is 1.40. The van der Waals surface area contributed by atoms with Crippen molar-refractivity contribution in [3.8, 4) is 0 Å². The highest BCUT2D eigenvalue weighted by atomic mass is 14.8. The third kappa shape index (κ3) is 12.1. The van der Waals surface area contributed by atoms with Gasteiger partial charge >= 0.3 is 0 Å². The summed E-state index contributed by atoms with van der Waals surface area (Å²) in [5.41, 5.74) is 0.0817. The predicted octanol–water partition coefficient (Wildman–Crippen LogP) is 5.17. The zero-order valence-corrected chi connectivity index (χ0v) is 14.1. The molecule has 0 spiro atoms. The summed E-state index contributed by atoms with van der Waals surface area (Å²) in [6.45, 7) is 15.5. The van der Waals surface area contributed by atoms with Crippen LogP contribution in [0.15, 0.2) is 9.98 Å². The predicted molar refractivity (Wildman–Crippen MR) is 88.7 cm³/mol. The second kappa shape index (κ2) is 9.28. The van der Waals surface area contributed by atoms with Crippen LogP contribution < -0.4 is 0 Å². The Morgan fingerprint density at radius 3 is 2.11 bits per heavy atom. The Labute approximate surface area is 120 Å². The standard InChI is InChI=1S/C17H34N2/c1-14(2)9-13-19-17(6,7)11-8-16(5)10-12-18-15(3)4/h12-16H,8-11H2,1-7H3/b18-12-,19-13-. The van der Waals surface area contributed by atoms with E-state index in [1.54, 1.807) is 0 Å². The Morgan fingerprint density at radius 2 is 1.58 bits per heavy atom. The number of aliphatic imine (C=N–C) groups is 2. The smallest absolute Gasteiger partial charge is 0.0548 e. The largest absolute Gasteiger partial charge is 0.295 e. The van der Waals surface area contributed by atoms with Crippen molar-refractivity contribution in [3.63, 3.8) is 0 Å². The maximum absolute atomic E-state index is 4.72. The molecule has 2 heteroatoms. The average molecular weight is 266 g/mol. The van der Waals surface area contributed by atoms with E-state index in [9.17, 15) is 0 Å². The zero-order chi connectivity index (χ0) is 14.9. The molecule has 1 unspecified atom stereocenters. The van der Waals surface area contributed by atoms with Gasteiger partial charge in [-0.25, -0.2) is 0 Å². The third-order valence-electron chi connectivity index (χ3n) is 3.18. The average Bonchev–Trinajstić information content (AvgIpc) is 2.25. The van der Waals surface area contributed by atoms with Crippen molar-refractivity contribution in [1.29, 1.82) is 0 Å². The molecule has 0 saturated carbocycles. The van der Waals surface area contributed by atoms with E-state index in [4.69, 9.17) is 4.99 Å². The highest BCUT2D eigenvalue weighted by Gasteiger charge is 2.16. The van der Waals surface area contributed by atoms with Crippen molar-refractivity contribution in [2.45, 2.75) is 85.7 Å². The summed E-state index contributed by atoms with van der Waals surface area (Å²) < 4.78 is 0. The van der Waals surface area contributed by atoms with E-state index in [2.05, 4.69) is 65.9 Å². The molecule has 0 aliphatic carbocycles. The molecule has 2 nitrogen and oxygen atoms in total. The van der Waals surface area contributed by atoms with E-state index in [1.807, 2.05) is 0 Å². The summed E-state index contributed by atoms with van der Waals surface area (Å²) >= 11 is 0. The Morgan fingerprint density at radius 1 is 0.947 bits per heavy atom. The molecule has 0 aliphatic rings. The van der Waals surface area contributed by atoms with Crippen molar-refractivity contribution < 1.29 is 0 Å². The second-order valence-corrected chi connectivity index (χ2v) is 7.06. The van der Waals surface area contributed by atoms with Crippen LogP contribution >= 0.6 is 0 Å². The van der Waals surface area contributed by atoms with Crippen LogP contribution in [0.5, 0.6) is 0 Å². The van der Waals surface area contributed by atoms with E-state index >= 15 is 0 Å². The van der Waals surface area contributed by atoms with E-state index in [-0.39, 0.29) is 5.54 Å². The van der Waals surface area contributed by atoms with Gasteiger partial charge in [0.15, 0.2) is 0 Å². The summed E-state index contributed by atoms with van der Waals surface area (Å²) in [7, 11) is 0. The highest BCUT2D eigenvalue weighted by Crippen LogP contribution is 2.21. The molecule has 0 amide bonds.